The first-order chi connectivity index (χ1) is 12.5. The summed E-state index contributed by atoms with van der Waals surface area (Å²) in [5, 5.41) is 9.42. The van der Waals surface area contributed by atoms with Gasteiger partial charge < -0.3 is 9.84 Å². The van der Waals surface area contributed by atoms with Crippen LogP contribution in [0.2, 0.25) is 0 Å². The van der Waals surface area contributed by atoms with E-state index in [0.717, 1.165) is 12.8 Å². The topological polar surface area (TPSA) is 46.5 Å². The van der Waals surface area contributed by atoms with Crippen molar-refractivity contribution in [1.29, 1.82) is 0 Å². The molecular weight excluding hydrogens is 324 g/mol. The van der Waals surface area contributed by atoms with E-state index in [9.17, 15) is 9.90 Å². The number of carboxylic acid groups (broad SMARTS) is 1. The molecule has 0 aliphatic heterocycles. The molecule has 1 N–H and O–H groups in total. The van der Waals surface area contributed by atoms with Gasteiger partial charge in [0, 0.05) is 5.41 Å². The number of hydrogen-bond donors (Lipinski definition) is 1. The summed E-state index contributed by atoms with van der Waals surface area (Å²) in [6.07, 6.45) is 6.49. The maximum Gasteiger partial charge on any atom is 0.347 e. The molecule has 2 aromatic rings. The van der Waals surface area contributed by atoms with Crippen LogP contribution < -0.4 is 4.74 Å². The van der Waals surface area contributed by atoms with Crippen LogP contribution in [0.5, 0.6) is 5.75 Å². The Morgan fingerprint density at radius 1 is 1.00 bits per heavy atom. The molecule has 1 aliphatic carbocycles. The zero-order chi connectivity index (χ0) is 18.6. The minimum Gasteiger partial charge on any atom is -0.478 e. The van der Waals surface area contributed by atoms with E-state index in [1.807, 2.05) is 19.1 Å². The van der Waals surface area contributed by atoms with Crippen molar-refractivity contribution < 1.29 is 14.6 Å². The molecule has 1 aliphatic rings. The molecule has 26 heavy (non-hydrogen) atoms. The molecule has 0 saturated heterocycles. The van der Waals surface area contributed by atoms with Gasteiger partial charge in [-0.1, -0.05) is 68.7 Å². The molecule has 1 atom stereocenters. The van der Waals surface area contributed by atoms with Crippen molar-refractivity contribution in [3.63, 3.8) is 0 Å². The third-order valence-electron chi connectivity index (χ3n) is 5.91. The van der Waals surface area contributed by atoms with Crippen molar-refractivity contribution in [2.24, 2.45) is 0 Å². The van der Waals surface area contributed by atoms with Gasteiger partial charge in [0.1, 0.15) is 5.75 Å². The zero-order valence-electron chi connectivity index (χ0n) is 15.7. The van der Waals surface area contributed by atoms with Crippen LogP contribution in [0.15, 0.2) is 54.6 Å². The standard InChI is InChI=1S/C23H28O3/c1-3-22(2,21(24)25)26-20-14-12-19(13-15-20)23(16-8-5-9-17-23)18-10-6-4-7-11-18/h4,6-7,10-15H,3,5,8-9,16-17H2,1-2H3,(H,24,25). The first-order valence-electron chi connectivity index (χ1n) is 9.59. The van der Waals surface area contributed by atoms with E-state index in [1.165, 1.54) is 30.4 Å². The van der Waals surface area contributed by atoms with Gasteiger partial charge in [-0.25, -0.2) is 4.79 Å². The molecule has 138 valence electrons. The first-order valence-corrected chi connectivity index (χ1v) is 9.59. The van der Waals surface area contributed by atoms with Crippen LogP contribution in [0.3, 0.4) is 0 Å². The monoisotopic (exact) mass is 352 g/mol. The van der Waals surface area contributed by atoms with Crippen molar-refractivity contribution in [2.75, 3.05) is 0 Å². The van der Waals surface area contributed by atoms with Crippen LogP contribution in [0, 0.1) is 0 Å². The number of carboxylic acids is 1. The van der Waals surface area contributed by atoms with E-state index in [-0.39, 0.29) is 5.41 Å². The van der Waals surface area contributed by atoms with Gasteiger partial charge in [0.15, 0.2) is 0 Å². The number of benzene rings is 2. The third kappa shape index (κ3) is 3.48. The molecule has 3 nitrogen and oxygen atoms in total. The first kappa shape index (κ1) is 18.5. The number of rotatable bonds is 6. The van der Waals surface area contributed by atoms with Crippen molar-refractivity contribution in [2.45, 2.75) is 63.4 Å². The Morgan fingerprint density at radius 2 is 1.58 bits per heavy atom. The Hall–Kier alpha value is -2.29. The van der Waals surface area contributed by atoms with Crippen molar-refractivity contribution in [3.05, 3.63) is 65.7 Å². The fourth-order valence-electron chi connectivity index (χ4n) is 4.03. The van der Waals surface area contributed by atoms with Gasteiger partial charge in [-0.15, -0.1) is 0 Å². The third-order valence-corrected chi connectivity index (χ3v) is 5.91. The summed E-state index contributed by atoms with van der Waals surface area (Å²) in [6, 6.07) is 18.8. The van der Waals surface area contributed by atoms with Gasteiger partial charge in [0.25, 0.3) is 0 Å². The SMILES string of the molecule is CCC(C)(Oc1ccc(C2(c3ccccc3)CCCCC2)cc1)C(=O)O. The van der Waals surface area contributed by atoms with E-state index >= 15 is 0 Å². The Kier molecular flexibility index (Phi) is 5.36. The predicted octanol–water partition coefficient (Wildman–Crippen LogP) is 5.57. The summed E-state index contributed by atoms with van der Waals surface area (Å²) in [5.41, 5.74) is 1.53. The van der Waals surface area contributed by atoms with Gasteiger partial charge in [-0.05, 0) is 49.4 Å². The highest BCUT2D eigenvalue weighted by molar-refractivity contribution is 5.77. The second kappa shape index (κ2) is 7.53. The highest BCUT2D eigenvalue weighted by atomic mass is 16.5. The Balaban J connectivity index is 1.91. The quantitative estimate of drug-likeness (QED) is 0.739. The number of ether oxygens (including phenoxy) is 1. The lowest BCUT2D eigenvalue weighted by Crippen LogP contribution is -2.40. The smallest absolute Gasteiger partial charge is 0.347 e. The Morgan fingerprint density at radius 3 is 2.12 bits per heavy atom. The number of hydrogen-bond acceptors (Lipinski definition) is 2. The minimum absolute atomic E-state index is 0.0545. The van der Waals surface area contributed by atoms with Crippen LogP contribution in [-0.2, 0) is 10.2 Å². The summed E-state index contributed by atoms with van der Waals surface area (Å²) in [4.78, 5) is 11.5. The van der Waals surface area contributed by atoms with Crippen LogP contribution in [0.25, 0.3) is 0 Å². The summed E-state index contributed by atoms with van der Waals surface area (Å²) in [5.74, 6) is -0.323. The second-order valence-corrected chi connectivity index (χ2v) is 7.52. The molecule has 0 spiro atoms. The van der Waals surface area contributed by atoms with E-state index in [2.05, 4.69) is 42.5 Å². The largest absolute Gasteiger partial charge is 0.478 e. The van der Waals surface area contributed by atoms with Gasteiger partial charge in [0.05, 0.1) is 0 Å². The molecular formula is C23H28O3. The lowest BCUT2D eigenvalue weighted by molar-refractivity contribution is -0.154. The molecule has 0 aromatic heterocycles. The maximum absolute atomic E-state index is 11.5. The maximum atomic E-state index is 11.5. The normalized spacial score (nSPS) is 18.7. The van der Waals surface area contributed by atoms with E-state index in [1.54, 1.807) is 6.92 Å². The summed E-state index contributed by atoms with van der Waals surface area (Å²) in [7, 11) is 0. The fraction of sp³-hybridized carbons (Fsp3) is 0.435. The lowest BCUT2D eigenvalue weighted by atomic mass is 9.65. The summed E-state index contributed by atoms with van der Waals surface area (Å²) >= 11 is 0. The van der Waals surface area contributed by atoms with Gasteiger partial charge >= 0.3 is 5.97 Å². The fourth-order valence-corrected chi connectivity index (χ4v) is 4.03. The molecule has 1 unspecified atom stereocenters. The van der Waals surface area contributed by atoms with Gasteiger partial charge in [0.2, 0.25) is 5.60 Å². The van der Waals surface area contributed by atoms with Crippen molar-refractivity contribution in [1.82, 2.24) is 0 Å². The number of aliphatic carboxylic acids is 1. The molecule has 3 heteroatoms. The molecule has 0 radical (unpaired) electrons. The predicted molar refractivity (Wildman–Crippen MR) is 104 cm³/mol. The average Bonchev–Trinajstić information content (AvgIpc) is 2.69. The molecule has 2 aromatic carbocycles. The second-order valence-electron chi connectivity index (χ2n) is 7.52. The minimum atomic E-state index is -1.19. The van der Waals surface area contributed by atoms with Gasteiger partial charge in [-0.3, -0.25) is 0 Å². The van der Waals surface area contributed by atoms with Crippen molar-refractivity contribution in [3.8, 4) is 5.75 Å². The molecule has 0 bridgehead atoms. The molecule has 0 heterocycles. The highest BCUT2D eigenvalue weighted by Crippen LogP contribution is 2.45. The highest BCUT2D eigenvalue weighted by Gasteiger charge is 2.36. The Labute approximate surface area is 156 Å². The van der Waals surface area contributed by atoms with E-state index in [4.69, 9.17) is 4.74 Å². The number of carbonyl (C=O) groups is 1. The average molecular weight is 352 g/mol. The molecule has 3 rings (SSSR count). The van der Waals surface area contributed by atoms with Crippen molar-refractivity contribution >= 4 is 5.97 Å². The Bertz CT molecular complexity index is 730. The van der Waals surface area contributed by atoms with Crippen LogP contribution in [-0.4, -0.2) is 16.7 Å². The van der Waals surface area contributed by atoms with E-state index in [0.29, 0.717) is 12.2 Å². The summed E-state index contributed by atoms with van der Waals surface area (Å²) in [6.45, 7) is 3.45. The molecule has 0 amide bonds. The summed E-state index contributed by atoms with van der Waals surface area (Å²) < 4.78 is 5.79. The molecule has 1 fully saturated rings. The van der Waals surface area contributed by atoms with E-state index < -0.39 is 11.6 Å². The molecule has 1 saturated carbocycles. The lowest BCUT2D eigenvalue weighted by Gasteiger charge is -2.39. The van der Waals surface area contributed by atoms with Crippen LogP contribution in [0.4, 0.5) is 0 Å². The van der Waals surface area contributed by atoms with Crippen LogP contribution in [0.1, 0.15) is 63.5 Å². The van der Waals surface area contributed by atoms with Crippen LogP contribution >= 0.6 is 0 Å². The van der Waals surface area contributed by atoms with Gasteiger partial charge in [-0.2, -0.15) is 0 Å². The zero-order valence-corrected chi connectivity index (χ0v) is 15.7.